The fraction of sp³-hybridized carbons (Fsp3) is 0.261. The van der Waals surface area contributed by atoms with E-state index < -0.39 is 10.0 Å². The molecule has 0 atom stereocenters. The summed E-state index contributed by atoms with van der Waals surface area (Å²) in [5.74, 6) is 1.83. The molecule has 1 saturated carbocycles. The van der Waals surface area contributed by atoms with Crippen LogP contribution in [0.15, 0.2) is 73.1 Å². The van der Waals surface area contributed by atoms with Gasteiger partial charge >= 0.3 is 0 Å². The fourth-order valence-corrected chi connectivity index (χ4v) is 5.38. The number of sulfonamides is 1. The monoisotopic (exact) mass is 424 g/mol. The quantitative estimate of drug-likeness (QED) is 0.521. The molecule has 2 aromatic carbocycles. The molecule has 0 amide bonds. The molecule has 0 N–H and O–H groups in total. The predicted molar refractivity (Wildman–Crippen MR) is 116 cm³/mol. The summed E-state index contributed by atoms with van der Waals surface area (Å²) >= 11 is 0. The first kappa shape index (κ1) is 20.2. The molecule has 3 aromatic rings. The lowest BCUT2D eigenvalue weighted by molar-refractivity contribution is 0.379. The van der Waals surface area contributed by atoms with Gasteiger partial charge in [-0.2, -0.15) is 0 Å². The van der Waals surface area contributed by atoms with Gasteiger partial charge in [-0.3, -0.25) is 9.29 Å². The van der Waals surface area contributed by atoms with E-state index in [0.29, 0.717) is 35.8 Å². The summed E-state index contributed by atoms with van der Waals surface area (Å²) in [5, 5.41) is -0.321. The van der Waals surface area contributed by atoms with Crippen molar-refractivity contribution < 1.29 is 17.9 Å². The van der Waals surface area contributed by atoms with Gasteiger partial charge in [0, 0.05) is 12.4 Å². The highest BCUT2D eigenvalue weighted by molar-refractivity contribution is 7.93. The number of anilines is 1. The third-order valence-electron chi connectivity index (χ3n) is 5.25. The first-order chi connectivity index (χ1) is 14.6. The summed E-state index contributed by atoms with van der Waals surface area (Å²) < 4.78 is 39.2. The topological polar surface area (TPSA) is 68.7 Å². The van der Waals surface area contributed by atoms with Crippen molar-refractivity contribution in [3.8, 4) is 17.2 Å². The molecule has 0 spiro atoms. The molecule has 1 heterocycles. The van der Waals surface area contributed by atoms with E-state index in [1.807, 2.05) is 36.4 Å². The molecule has 1 aromatic heterocycles. The lowest BCUT2D eigenvalue weighted by Gasteiger charge is -2.33. The number of aromatic nitrogens is 1. The third kappa shape index (κ3) is 4.26. The Kier molecular flexibility index (Phi) is 5.90. The summed E-state index contributed by atoms with van der Waals surface area (Å²) in [4.78, 5) is 4.12. The van der Waals surface area contributed by atoms with Crippen LogP contribution in [0.2, 0.25) is 0 Å². The fourth-order valence-electron chi connectivity index (χ4n) is 3.34. The van der Waals surface area contributed by atoms with E-state index in [0.717, 1.165) is 12.0 Å². The van der Waals surface area contributed by atoms with Crippen LogP contribution in [-0.4, -0.2) is 25.8 Å². The minimum absolute atomic E-state index is 0.249. The van der Waals surface area contributed by atoms with Crippen LogP contribution in [0.4, 0.5) is 5.69 Å². The molecule has 7 heteroatoms. The minimum atomic E-state index is -3.45. The second kappa shape index (κ2) is 8.75. The van der Waals surface area contributed by atoms with Crippen LogP contribution < -0.4 is 13.8 Å². The van der Waals surface area contributed by atoms with Gasteiger partial charge in [-0.05, 0) is 60.9 Å². The van der Waals surface area contributed by atoms with E-state index in [2.05, 4.69) is 4.98 Å². The summed E-state index contributed by atoms with van der Waals surface area (Å²) in [6, 6.07) is 18.2. The summed E-state index contributed by atoms with van der Waals surface area (Å²) in [6.45, 7) is 0.249. The maximum Gasteiger partial charge on any atom is 0.238 e. The smallest absolute Gasteiger partial charge is 0.238 e. The zero-order chi connectivity index (χ0) is 21.0. The number of rotatable bonds is 8. The van der Waals surface area contributed by atoms with Crippen molar-refractivity contribution in [2.75, 3.05) is 11.4 Å². The first-order valence-corrected chi connectivity index (χ1v) is 11.4. The van der Waals surface area contributed by atoms with Gasteiger partial charge in [0.2, 0.25) is 10.0 Å². The second-order valence-electron chi connectivity index (χ2n) is 7.21. The van der Waals surface area contributed by atoms with Crippen molar-refractivity contribution in [1.82, 2.24) is 4.98 Å². The summed E-state index contributed by atoms with van der Waals surface area (Å²) in [7, 11) is -1.86. The van der Waals surface area contributed by atoms with Crippen LogP contribution in [0.5, 0.6) is 17.2 Å². The van der Waals surface area contributed by atoms with E-state index in [9.17, 15) is 8.42 Å². The standard InChI is InChI=1S/C23H24N2O4S/c1-28-22-9-2-3-10-23(22)29-20-13-11-19(12-14-20)25(17-18-6-5-15-24-16-18)30(26,27)21-7-4-8-21/h2-3,5-6,9-16,21H,4,7-8,17H2,1H3. The first-order valence-electron chi connectivity index (χ1n) is 9.89. The second-order valence-corrected chi connectivity index (χ2v) is 9.35. The Balaban J connectivity index is 1.60. The number of pyridine rings is 1. The summed E-state index contributed by atoms with van der Waals surface area (Å²) in [5.41, 5.74) is 1.45. The van der Waals surface area contributed by atoms with Crippen LogP contribution >= 0.6 is 0 Å². The van der Waals surface area contributed by atoms with E-state index in [1.165, 1.54) is 4.31 Å². The minimum Gasteiger partial charge on any atom is -0.493 e. The highest BCUT2D eigenvalue weighted by Gasteiger charge is 2.36. The van der Waals surface area contributed by atoms with Gasteiger partial charge < -0.3 is 9.47 Å². The molecule has 0 aliphatic heterocycles. The van der Waals surface area contributed by atoms with Crippen molar-refractivity contribution in [3.05, 3.63) is 78.6 Å². The molecule has 156 valence electrons. The molecular formula is C23H24N2O4S. The molecule has 1 fully saturated rings. The number of hydrogen-bond donors (Lipinski definition) is 0. The van der Waals surface area contributed by atoms with Gasteiger partial charge in [-0.1, -0.05) is 24.6 Å². The van der Waals surface area contributed by atoms with E-state index in [-0.39, 0.29) is 11.8 Å². The Bertz CT molecular complexity index is 1080. The Morgan fingerprint density at radius 1 is 1.00 bits per heavy atom. The average Bonchev–Trinajstić information content (AvgIpc) is 2.72. The highest BCUT2D eigenvalue weighted by atomic mass is 32.2. The molecule has 0 radical (unpaired) electrons. The SMILES string of the molecule is COc1ccccc1Oc1ccc(N(Cc2cccnc2)S(=O)(=O)C2CCC2)cc1. The van der Waals surface area contributed by atoms with E-state index in [4.69, 9.17) is 9.47 Å². The normalized spacial score (nSPS) is 14.0. The molecule has 4 rings (SSSR count). The predicted octanol–water partition coefficient (Wildman–Crippen LogP) is 4.77. The van der Waals surface area contributed by atoms with Crippen molar-refractivity contribution >= 4 is 15.7 Å². The molecule has 0 bridgehead atoms. The maximum absolute atomic E-state index is 13.2. The zero-order valence-electron chi connectivity index (χ0n) is 16.8. The van der Waals surface area contributed by atoms with Gasteiger partial charge in [0.05, 0.1) is 24.6 Å². The van der Waals surface area contributed by atoms with Crippen LogP contribution in [0.1, 0.15) is 24.8 Å². The molecule has 6 nitrogen and oxygen atoms in total. The Hall–Kier alpha value is -3.06. The number of para-hydroxylation sites is 2. The lowest BCUT2D eigenvalue weighted by Crippen LogP contribution is -2.41. The molecule has 1 aliphatic carbocycles. The number of nitrogens with zero attached hydrogens (tertiary/aromatic N) is 2. The van der Waals surface area contributed by atoms with Crippen LogP contribution in [0, 0.1) is 0 Å². The number of benzene rings is 2. The third-order valence-corrected chi connectivity index (χ3v) is 7.52. The largest absolute Gasteiger partial charge is 0.493 e. The molecular weight excluding hydrogens is 400 g/mol. The van der Waals surface area contributed by atoms with Crippen molar-refractivity contribution in [3.63, 3.8) is 0 Å². The Labute approximate surface area is 177 Å². The number of methoxy groups -OCH3 is 1. The number of hydrogen-bond acceptors (Lipinski definition) is 5. The van der Waals surface area contributed by atoms with Crippen molar-refractivity contribution in [2.45, 2.75) is 31.1 Å². The molecule has 1 aliphatic rings. The molecule has 30 heavy (non-hydrogen) atoms. The van der Waals surface area contributed by atoms with Crippen LogP contribution in [-0.2, 0) is 16.6 Å². The average molecular weight is 425 g/mol. The van der Waals surface area contributed by atoms with Gasteiger partial charge in [0.1, 0.15) is 5.75 Å². The van der Waals surface area contributed by atoms with E-state index >= 15 is 0 Å². The molecule has 0 saturated heterocycles. The van der Waals surface area contributed by atoms with Crippen LogP contribution in [0.25, 0.3) is 0 Å². The zero-order valence-corrected chi connectivity index (χ0v) is 17.6. The summed E-state index contributed by atoms with van der Waals surface area (Å²) in [6.07, 6.45) is 5.75. The number of ether oxygens (including phenoxy) is 2. The van der Waals surface area contributed by atoms with E-state index in [1.54, 1.807) is 43.8 Å². The highest BCUT2D eigenvalue weighted by Crippen LogP contribution is 2.35. The van der Waals surface area contributed by atoms with Crippen molar-refractivity contribution in [2.24, 2.45) is 0 Å². The maximum atomic E-state index is 13.2. The molecule has 0 unspecified atom stereocenters. The van der Waals surface area contributed by atoms with Gasteiger partial charge in [0.25, 0.3) is 0 Å². The van der Waals surface area contributed by atoms with Gasteiger partial charge in [0.15, 0.2) is 11.5 Å². The van der Waals surface area contributed by atoms with Gasteiger partial charge in [-0.15, -0.1) is 0 Å². The van der Waals surface area contributed by atoms with Crippen LogP contribution in [0.3, 0.4) is 0 Å². The van der Waals surface area contributed by atoms with Crippen molar-refractivity contribution in [1.29, 1.82) is 0 Å². The van der Waals surface area contributed by atoms with Gasteiger partial charge in [-0.25, -0.2) is 8.42 Å². The lowest BCUT2D eigenvalue weighted by atomic mass is 10.0. The Morgan fingerprint density at radius 2 is 1.73 bits per heavy atom. The Morgan fingerprint density at radius 3 is 2.33 bits per heavy atom.